The smallest absolute Gasteiger partial charge is 0.241 e. The Labute approximate surface area is 96.3 Å². The van der Waals surface area contributed by atoms with E-state index in [9.17, 15) is 4.79 Å². The number of nitrogens with one attached hydrogen (secondary N) is 1. The van der Waals surface area contributed by atoms with E-state index < -0.39 is 0 Å². The molecule has 3 heterocycles. The zero-order valence-electron chi connectivity index (χ0n) is 9.98. The van der Waals surface area contributed by atoms with Crippen molar-refractivity contribution < 1.29 is 9.53 Å². The van der Waals surface area contributed by atoms with Crippen molar-refractivity contribution in [1.82, 2.24) is 10.2 Å². The number of amides is 1. The molecule has 5 atom stereocenters. The van der Waals surface area contributed by atoms with Crippen molar-refractivity contribution in [3.63, 3.8) is 0 Å². The Hall–Kier alpha value is -0.610. The summed E-state index contributed by atoms with van der Waals surface area (Å²) in [4.78, 5) is 14.2. The highest BCUT2D eigenvalue weighted by Gasteiger charge is 2.49. The van der Waals surface area contributed by atoms with Gasteiger partial charge >= 0.3 is 0 Å². The van der Waals surface area contributed by atoms with Gasteiger partial charge in [-0.25, -0.2) is 0 Å². The van der Waals surface area contributed by atoms with Gasteiger partial charge < -0.3 is 9.64 Å². The van der Waals surface area contributed by atoms with Gasteiger partial charge in [-0.3, -0.25) is 10.1 Å². The normalized spacial score (nSPS) is 47.0. The van der Waals surface area contributed by atoms with Crippen LogP contribution in [0.5, 0.6) is 0 Å². The molecule has 0 aliphatic carbocycles. The molecule has 0 aromatic heterocycles. The van der Waals surface area contributed by atoms with E-state index in [4.69, 9.17) is 4.74 Å². The molecule has 3 rings (SSSR count). The molecule has 2 bridgehead atoms. The third-order valence-electron chi connectivity index (χ3n) is 4.22. The molecule has 3 fully saturated rings. The summed E-state index contributed by atoms with van der Waals surface area (Å²) in [5.41, 5.74) is 0. The van der Waals surface area contributed by atoms with Gasteiger partial charge in [0.25, 0.3) is 0 Å². The third kappa shape index (κ3) is 1.39. The first-order valence-corrected chi connectivity index (χ1v) is 6.44. The van der Waals surface area contributed by atoms with Crippen molar-refractivity contribution in [1.29, 1.82) is 0 Å². The maximum absolute atomic E-state index is 12.1. The zero-order chi connectivity index (χ0) is 11.3. The molecular formula is C12H20N2O2. The predicted molar refractivity (Wildman–Crippen MR) is 59.8 cm³/mol. The van der Waals surface area contributed by atoms with E-state index in [-0.39, 0.29) is 18.1 Å². The summed E-state index contributed by atoms with van der Waals surface area (Å²) in [7, 11) is 0. The van der Waals surface area contributed by atoms with Crippen LogP contribution in [0.3, 0.4) is 0 Å². The first kappa shape index (κ1) is 10.5. The average Bonchev–Trinajstić information content (AvgIpc) is 2.94. The maximum atomic E-state index is 12.1. The Balaban J connectivity index is 1.80. The summed E-state index contributed by atoms with van der Waals surface area (Å²) < 4.78 is 5.85. The van der Waals surface area contributed by atoms with Gasteiger partial charge in [-0.2, -0.15) is 0 Å². The van der Waals surface area contributed by atoms with Crippen LogP contribution < -0.4 is 5.32 Å². The van der Waals surface area contributed by atoms with Gasteiger partial charge in [0.1, 0.15) is 0 Å². The van der Waals surface area contributed by atoms with Crippen LogP contribution >= 0.6 is 0 Å². The summed E-state index contributed by atoms with van der Waals surface area (Å²) in [5.74, 6) is 0.257. The molecule has 0 spiro atoms. The number of hydrogen-bond acceptors (Lipinski definition) is 3. The highest BCUT2D eigenvalue weighted by atomic mass is 16.5. The van der Waals surface area contributed by atoms with Gasteiger partial charge in [0, 0.05) is 0 Å². The molecule has 0 aromatic rings. The number of carbonyl (C=O) groups excluding carboxylic acids is 1. The van der Waals surface area contributed by atoms with E-state index in [1.54, 1.807) is 0 Å². The number of carbonyl (C=O) groups is 1. The Morgan fingerprint density at radius 1 is 1.50 bits per heavy atom. The molecule has 3 aliphatic rings. The van der Waals surface area contributed by atoms with E-state index >= 15 is 0 Å². The lowest BCUT2D eigenvalue weighted by Gasteiger charge is -2.33. The van der Waals surface area contributed by atoms with E-state index in [1.165, 1.54) is 6.42 Å². The molecule has 0 saturated carbocycles. The van der Waals surface area contributed by atoms with Gasteiger partial charge in [-0.05, 0) is 32.6 Å². The van der Waals surface area contributed by atoms with Crippen molar-refractivity contribution in [2.24, 2.45) is 0 Å². The molecule has 3 saturated heterocycles. The quantitative estimate of drug-likeness (QED) is 0.756. The molecule has 1 amide bonds. The predicted octanol–water partition coefficient (Wildman–Crippen LogP) is 0.863. The highest BCUT2D eigenvalue weighted by molar-refractivity contribution is 5.84. The fourth-order valence-corrected chi connectivity index (χ4v) is 3.43. The van der Waals surface area contributed by atoms with Crippen LogP contribution in [-0.2, 0) is 9.53 Å². The summed E-state index contributed by atoms with van der Waals surface area (Å²) in [5, 5.41) is 3.36. The van der Waals surface area contributed by atoms with Crippen LogP contribution in [0.4, 0.5) is 0 Å². The fourth-order valence-electron chi connectivity index (χ4n) is 3.43. The SMILES string of the molecule is CCC1NC(C)C(=O)N1C1CC2CCC1O2. The van der Waals surface area contributed by atoms with Crippen LogP contribution in [0.2, 0.25) is 0 Å². The Morgan fingerprint density at radius 3 is 2.88 bits per heavy atom. The summed E-state index contributed by atoms with van der Waals surface area (Å²) in [6.45, 7) is 4.09. The Kier molecular flexibility index (Phi) is 2.44. The molecule has 0 radical (unpaired) electrons. The minimum atomic E-state index is -0.0240. The van der Waals surface area contributed by atoms with Crippen molar-refractivity contribution in [2.45, 2.75) is 70.0 Å². The summed E-state index contributed by atoms with van der Waals surface area (Å²) in [6.07, 6.45) is 5.26. The summed E-state index contributed by atoms with van der Waals surface area (Å²) >= 11 is 0. The fraction of sp³-hybridized carbons (Fsp3) is 0.917. The first-order chi connectivity index (χ1) is 7.70. The lowest BCUT2D eigenvalue weighted by atomic mass is 9.94. The summed E-state index contributed by atoms with van der Waals surface area (Å²) in [6, 6.07) is 0.303. The van der Waals surface area contributed by atoms with Crippen LogP contribution in [0.25, 0.3) is 0 Å². The van der Waals surface area contributed by atoms with Crippen LogP contribution in [0.15, 0.2) is 0 Å². The van der Waals surface area contributed by atoms with Crippen LogP contribution in [0.1, 0.15) is 39.5 Å². The minimum Gasteiger partial charge on any atom is -0.373 e. The Bertz CT molecular complexity index is 307. The molecule has 5 unspecified atom stereocenters. The van der Waals surface area contributed by atoms with Crippen LogP contribution in [-0.4, -0.2) is 41.3 Å². The van der Waals surface area contributed by atoms with Crippen molar-refractivity contribution in [3.8, 4) is 0 Å². The van der Waals surface area contributed by atoms with Gasteiger partial charge in [-0.15, -0.1) is 0 Å². The second-order valence-corrected chi connectivity index (χ2v) is 5.23. The lowest BCUT2D eigenvalue weighted by molar-refractivity contribution is -0.133. The van der Waals surface area contributed by atoms with Crippen molar-refractivity contribution >= 4 is 5.91 Å². The topological polar surface area (TPSA) is 41.6 Å². The lowest BCUT2D eigenvalue weighted by Crippen LogP contribution is -2.48. The van der Waals surface area contributed by atoms with E-state index in [0.717, 1.165) is 19.3 Å². The van der Waals surface area contributed by atoms with Crippen molar-refractivity contribution in [3.05, 3.63) is 0 Å². The molecule has 1 N–H and O–H groups in total. The first-order valence-electron chi connectivity index (χ1n) is 6.44. The zero-order valence-corrected chi connectivity index (χ0v) is 9.98. The van der Waals surface area contributed by atoms with E-state index in [0.29, 0.717) is 18.2 Å². The molecule has 16 heavy (non-hydrogen) atoms. The second-order valence-electron chi connectivity index (χ2n) is 5.23. The van der Waals surface area contributed by atoms with Gasteiger partial charge in [0.2, 0.25) is 5.91 Å². The minimum absolute atomic E-state index is 0.0240. The highest BCUT2D eigenvalue weighted by Crippen LogP contribution is 2.39. The molecule has 0 aromatic carbocycles. The second kappa shape index (κ2) is 3.70. The molecule has 4 heteroatoms. The number of fused-ring (bicyclic) bond motifs is 2. The molecule has 4 nitrogen and oxygen atoms in total. The number of nitrogens with zero attached hydrogens (tertiary/aromatic N) is 1. The van der Waals surface area contributed by atoms with Crippen LogP contribution in [0, 0.1) is 0 Å². The molecule has 3 aliphatic heterocycles. The molecular weight excluding hydrogens is 204 g/mol. The van der Waals surface area contributed by atoms with Gasteiger partial charge in [0.15, 0.2) is 0 Å². The number of rotatable bonds is 2. The standard InChI is InChI=1S/C12H20N2O2/c1-3-11-13-7(2)12(15)14(11)9-6-8-4-5-10(9)16-8/h7-11,13H,3-6H2,1-2H3. The monoisotopic (exact) mass is 224 g/mol. The van der Waals surface area contributed by atoms with E-state index in [1.807, 2.05) is 6.92 Å². The van der Waals surface area contributed by atoms with E-state index in [2.05, 4.69) is 17.1 Å². The van der Waals surface area contributed by atoms with Crippen molar-refractivity contribution in [2.75, 3.05) is 0 Å². The Morgan fingerprint density at radius 2 is 2.31 bits per heavy atom. The molecule has 90 valence electrons. The number of ether oxygens (including phenoxy) is 1. The maximum Gasteiger partial charge on any atom is 0.241 e. The van der Waals surface area contributed by atoms with Gasteiger partial charge in [-0.1, -0.05) is 6.92 Å². The third-order valence-corrected chi connectivity index (χ3v) is 4.22. The number of hydrogen-bond donors (Lipinski definition) is 1. The average molecular weight is 224 g/mol. The largest absolute Gasteiger partial charge is 0.373 e. The van der Waals surface area contributed by atoms with Gasteiger partial charge in [0.05, 0.1) is 30.5 Å².